The number of benzene rings is 4. The Hall–Kier alpha value is -9.37. The summed E-state index contributed by atoms with van der Waals surface area (Å²) in [6.45, 7) is 33.2. The summed E-state index contributed by atoms with van der Waals surface area (Å²) in [4.78, 5) is 122. The lowest BCUT2D eigenvalue weighted by molar-refractivity contribution is -0.139. The second-order valence-corrected chi connectivity index (χ2v) is 34.5. The fourth-order valence-corrected chi connectivity index (χ4v) is 16.8. The molecular formula is C92H130N12O9. The molecule has 4 saturated heterocycles. The van der Waals surface area contributed by atoms with Crippen LogP contribution in [0.1, 0.15) is 201 Å². The number of nitrogens with one attached hydrogen (secondary N) is 4. The van der Waals surface area contributed by atoms with Gasteiger partial charge in [-0.1, -0.05) is 182 Å². The molecule has 0 bridgehead atoms. The number of likely N-dealkylation sites (tertiary alicyclic amines) is 4. The molecule has 0 radical (unpaired) electrons. The van der Waals surface area contributed by atoms with Gasteiger partial charge in [0.2, 0.25) is 53.2 Å². The van der Waals surface area contributed by atoms with E-state index in [1.54, 1.807) is 18.4 Å². The molecule has 6 N–H and O–H groups in total. The molecule has 4 aliphatic heterocycles. The SMILES string of the molecule is CC(=O)n1cc(C[C@@H]2CCCN2C(=O)[C@@H](NC(=O)C(C)C)C(C)C)c2ccccc21.CC(C)C(=O)N[C@H](C(=O)N1CCC[C@H]1CC1=CCc2ccccc21)C(C)C.CC(C)C(=O)N[C@H](C(=O)N1CCC[C@H]1Cc1cn(C)c2ccccc12)C(C)C.CC(C)[C@H](NC(=O)[C@H](C)N)C(=O)N1CCC[C@H]1Cc1cn(C)c2ccccc12. The van der Waals surface area contributed by atoms with Crippen molar-refractivity contribution in [1.82, 2.24) is 54.6 Å². The van der Waals surface area contributed by atoms with Crippen molar-refractivity contribution in [3.63, 3.8) is 0 Å². The van der Waals surface area contributed by atoms with Crippen LogP contribution in [0.2, 0.25) is 0 Å². The highest BCUT2D eigenvalue weighted by Crippen LogP contribution is 2.37. The number of aromatic nitrogens is 3. The Morgan fingerprint density at radius 3 is 1.03 bits per heavy atom. The largest absolute Gasteiger partial charge is 0.350 e. The smallest absolute Gasteiger partial charge is 0.245 e. The van der Waals surface area contributed by atoms with Crippen LogP contribution in [0.4, 0.5) is 0 Å². The van der Waals surface area contributed by atoms with Gasteiger partial charge in [-0.3, -0.25) is 47.7 Å². The van der Waals surface area contributed by atoms with Gasteiger partial charge in [-0.25, -0.2) is 0 Å². The number of hydrogen-bond donors (Lipinski definition) is 5. The number of allylic oxidation sites excluding steroid dienone is 1. The molecule has 7 heterocycles. The molecule has 7 aromatic rings. The number of rotatable bonds is 24. The van der Waals surface area contributed by atoms with Crippen LogP contribution in [0, 0.1) is 41.4 Å². The number of fused-ring (bicyclic) bond motifs is 4. The predicted octanol–water partition coefficient (Wildman–Crippen LogP) is 13.1. The molecule has 0 unspecified atom stereocenters. The van der Waals surface area contributed by atoms with E-state index in [1.807, 2.05) is 153 Å². The minimum atomic E-state index is -0.626. The third-order valence-electron chi connectivity index (χ3n) is 23.4. The Morgan fingerprint density at radius 1 is 0.389 bits per heavy atom. The first kappa shape index (κ1) is 87.6. The zero-order chi connectivity index (χ0) is 82.4. The molecule has 0 spiro atoms. The topological polar surface area (TPSA) is 256 Å². The monoisotopic (exact) mass is 1550 g/mol. The zero-order valence-corrected chi connectivity index (χ0v) is 70.7. The molecule has 9 atom stereocenters. The number of aryl methyl sites for hydroxylation is 2. The van der Waals surface area contributed by atoms with Gasteiger partial charge in [-0.15, -0.1) is 0 Å². The van der Waals surface area contributed by atoms with Crippen molar-refractivity contribution in [2.24, 2.45) is 61.3 Å². The van der Waals surface area contributed by atoms with E-state index in [2.05, 4.69) is 130 Å². The van der Waals surface area contributed by atoms with Gasteiger partial charge in [-0.2, -0.15) is 0 Å². The Bertz CT molecular complexity index is 4370. The summed E-state index contributed by atoms with van der Waals surface area (Å²) >= 11 is 0. The summed E-state index contributed by atoms with van der Waals surface area (Å²) in [7, 11) is 4.13. The van der Waals surface area contributed by atoms with E-state index < -0.39 is 30.2 Å². The number of nitrogens with zero attached hydrogens (tertiary/aromatic N) is 7. The Morgan fingerprint density at radius 2 is 0.690 bits per heavy atom. The molecular weight excluding hydrogens is 1420 g/mol. The van der Waals surface area contributed by atoms with Crippen LogP contribution in [0.15, 0.2) is 122 Å². The van der Waals surface area contributed by atoms with Crippen molar-refractivity contribution >= 4 is 91.4 Å². The standard InChI is InChI=1S/C24H33N3O3.C23H33N3O2.C23H32N2O2.C22H32N4O2/c1-15(2)22(25-23(29)16(3)4)24(30)26-12-8-9-19(26)13-18-14-27(17(5)28)21-11-7-6-10-20(18)21;1-15(2)21(24-22(27)16(3)4)23(28)26-12-8-9-18(26)13-17-14-25(5)20-11-7-6-10-19(17)20;1-15(2)21(24-22(26)16(3)4)23(27)25-13-7-9-19(25)14-18-12-11-17-8-5-6-10-20(17)18;1-14(2)20(24-21(27)15(3)23)22(28)26-11-7-8-17(26)12-16-13-25(4)19-10-6-5-9-18(16)19/h6-7,10-11,14-16,19,22H,8-9,12-13H2,1-5H3,(H,25,29);6-7,10-11,14-16,18,21H,8-9,12-13H2,1-5H3,(H,24,27);5-6,8,10,12,15-16,19,21H,7,9,11,13-14H2,1-4H3,(H,24,26);5-6,9-10,13-15,17,20H,7-8,11-12,23H2,1-4H3,(H,24,27)/t19-,22-;18-,21-;19-,21-;15-,17-,20-/m0000/s1. The zero-order valence-electron chi connectivity index (χ0n) is 70.7. The third-order valence-corrected chi connectivity index (χ3v) is 23.4. The van der Waals surface area contributed by atoms with Crippen LogP contribution in [-0.4, -0.2) is 167 Å². The summed E-state index contributed by atoms with van der Waals surface area (Å²) in [5.74, 6) is -0.603. The molecule has 1 aliphatic carbocycles. The van der Waals surface area contributed by atoms with E-state index in [0.29, 0.717) is 13.0 Å². The fourth-order valence-electron chi connectivity index (χ4n) is 16.8. The lowest BCUT2D eigenvalue weighted by Crippen LogP contribution is -2.55. The van der Waals surface area contributed by atoms with Crippen LogP contribution in [0.3, 0.4) is 0 Å². The van der Waals surface area contributed by atoms with Gasteiger partial charge in [0.05, 0.1) is 11.6 Å². The normalized spacial score (nSPS) is 18.8. The highest BCUT2D eigenvalue weighted by molar-refractivity contribution is 5.95. The van der Waals surface area contributed by atoms with Crippen LogP contribution in [-0.2, 0) is 78.1 Å². The van der Waals surface area contributed by atoms with E-state index in [4.69, 9.17) is 5.73 Å². The molecule has 3 aromatic heterocycles. The lowest BCUT2D eigenvalue weighted by Gasteiger charge is -2.32. The number of carbonyl (C=O) groups excluding carboxylic acids is 9. The summed E-state index contributed by atoms with van der Waals surface area (Å²) in [6, 6.07) is 31.3. The molecule has 4 aromatic carbocycles. The average Bonchev–Trinajstić information content (AvgIpc) is 1.66. The van der Waals surface area contributed by atoms with Gasteiger partial charge in [0.1, 0.15) is 24.2 Å². The molecule has 4 fully saturated rings. The summed E-state index contributed by atoms with van der Waals surface area (Å²) in [5.41, 5.74) is 16.7. The van der Waals surface area contributed by atoms with Crippen molar-refractivity contribution in [2.45, 2.75) is 249 Å². The summed E-state index contributed by atoms with van der Waals surface area (Å²) < 4.78 is 5.99. The Labute approximate surface area is 671 Å². The van der Waals surface area contributed by atoms with Gasteiger partial charge >= 0.3 is 0 Å². The van der Waals surface area contributed by atoms with Crippen molar-refractivity contribution in [3.8, 4) is 0 Å². The molecule has 612 valence electrons. The predicted molar refractivity (Wildman–Crippen MR) is 452 cm³/mol. The first-order chi connectivity index (χ1) is 53.7. The number of nitrogens with two attached hydrogens (primary N) is 1. The molecule has 8 amide bonds. The van der Waals surface area contributed by atoms with Crippen molar-refractivity contribution in [1.29, 1.82) is 0 Å². The molecule has 113 heavy (non-hydrogen) atoms. The van der Waals surface area contributed by atoms with Crippen LogP contribution in [0.5, 0.6) is 0 Å². The second kappa shape index (κ2) is 39.6. The van der Waals surface area contributed by atoms with Gasteiger partial charge in [-0.05, 0) is 166 Å². The van der Waals surface area contributed by atoms with E-state index in [9.17, 15) is 43.2 Å². The van der Waals surface area contributed by atoms with Gasteiger partial charge in [0.15, 0.2) is 0 Å². The number of carbonyl (C=O) groups is 9. The minimum Gasteiger partial charge on any atom is -0.350 e. The molecule has 5 aliphatic rings. The quantitative estimate of drug-likeness (QED) is 0.0382. The number of hydrogen-bond acceptors (Lipinski definition) is 10. The summed E-state index contributed by atoms with van der Waals surface area (Å²) in [5, 5.41) is 15.3. The van der Waals surface area contributed by atoms with Gasteiger partial charge < -0.3 is 55.7 Å². The van der Waals surface area contributed by atoms with E-state index in [0.717, 1.165) is 113 Å². The highest BCUT2D eigenvalue weighted by atomic mass is 16.2. The third kappa shape index (κ3) is 21.5. The van der Waals surface area contributed by atoms with Crippen molar-refractivity contribution in [3.05, 3.63) is 150 Å². The molecule has 21 heteroatoms. The molecule has 12 rings (SSSR count). The summed E-state index contributed by atoms with van der Waals surface area (Å²) in [6.07, 6.45) is 20.8. The minimum absolute atomic E-state index is 0.00296. The Balaban J connectivity index is 0.000000173. The number of amides is 8. The lowest BCUT2D eigenvalue weighted by atomic mass is 9.97. The van der Waals surface area contributed by atoms with Crippen molar-refractivity contribution < 1.29 is 43.2 Å². The number of para-hydroxylation sites is 3. The molecule has 21 nitrogen and oxygen atoms in total. The molecule has 0 saturated carbocycles. The second-order valence-electron chi connectivity index (χ2n) is 34.5. The maximum Gasteiger partial charge on any atom is 0.245 e. The first-order valence-electron chi connectivity index (χ1n) is 41.8. The fraction of sp³-hybridized carbons (Fsp3) is 0.554. The average molecular weight is 1550 g/mol. The first-order valence-corrected chi connectivity index (χ1v) is 41.8. The van der Waals surface area contributed by atoms with Crippen LogP contribution >= 0.6 is 0 Å². The maximum atomic E-state index is 13.4. The van der Waals surface area contributed by atoms with Gasteiger partial charge in [0.25, 0.3) is 0 Å². The van der Waals surface area contributed by atoms with Crippen LogP contribution in [0.25, 0.3) is 38.3 Å². The van der Waals surface area contributed by atoms with Gasteiger partial charge in [0, 0.05) is 135 Å². The van der Waals surface area contributed by atoms with E-state index in [1.165, 1.54) is 49.6 Å². The highest BCUT2D eigenvalue weighted by Gasteiger charge is 2.41. The van der Waals surface area contributed by atoms with E-state index in [-0.39, 0.29) is 119 Å². The van der Waals surface area contributed by atoms with E-state index >= 15 is 0 Å². The maximum absolute atomic E-state index is 13.4. The van der Waals surface area contributed by atoms with Crippen molar-refractivity contribution in [2.75, 3.05) is 26.2 Å². The Kier molecular flexibility index (Phi) is 30.7. The van der Waals surface area contributed by atoms with Crippen LogP contribution < -0.4 is 27.0 Å².